The van der Waals surface area contributed by atoms with Gasteiger partial charge in [-0.05, 0) is 29.8 Å². The van der Waals surface area contributed by atoms with Crippen molar-refractivity contribution in [3.05, 3.63) is 59.5 Å². The van der Waals surface area contributed by atoms with Crippen molar-refractivity contribution in [2.45, 2.75) is 19.4 Å². The summed E-state index contributed by atoms with van der Waals surface area (Å²) in [5, 5.41) is 6.10. The zero-order valence-electron chi connectivity index (χ0n) is 25.8. The van der Waals surface area contributed by atoms with E-state index in [1.807, 2.05) is 24.5 Å². The van der Waals surface area contributed by atoms with Crippen molar-refractivity contribution in [2.75, 3.05) is 87.1 Å². The second-order valence-electron chi connectivity index (χ2n) is 10.7. The molecule has 0 radical (unpaired) electrons. The molecule has 1 fully saturated rings. The van der Waals surface area contributed by atoms with E-state index in [0.29, 0.717) is 29.2 Å². The van der Waals surface area contributed by atoms with Gasteiger partial charge in [0, 0.05) is 85.0 Å². The Morgan fingerprint density at radius 2 is 1.84 bits per heavy atom. The van der Waals surface area contributed by atoms with E-state index in [0.717, 1.165) is 45.0 Å². The van der Waals surface area contributed by atoms with Gasteiger partial charge in [0.25, 0.3) is 5.92 Å². The Kier molecular flexibility index (Phi) is 10.7. The van der Waals surface area contributed by atoms with Crippen LogP contribution >= 0.6 is 11.9 Å². The number of carbonyl (C=O) groups is 1. The second-order valence-corrected chi connectivity index (χ2v) is 11.6. The Balaban J connectivity index is 1.51. The van der Waals surface area contributed by atoms with Crippen molar-refractivity contribution in [1.29, 1.82) is 0 Å². The number of nitrogens with one attached hydrogen (secondary N) is 2. The van der Waals surface area contributed by atoms with E-state index in [-0.39, 0.29) is 29.8 Å². The molecule has 3 aromatic rings. The number of hydrogen-bond acceptors (Lipinski definition) is 10. The van der Waals surface area contributed by atoms with Gasteiger partial charge >= 0.3 is 0 Å². The summed E-state index contributed by atoms with van der Waals surface area (Å²) >= 11 is 1.40. The number of amides is 1. The van der Waals surface area contributed by atoms with Crippen molar-refractivity contribution in [3.63, 3.8) is 0 Å². The number of likely N-dealkylation sites (N-methyl/N-ethyl adjacent to an activating group) is 1. The number of alkyl halides is 2. The lowest BCUT2D eigenvalue weighted by Gasteiger charge is -2.36. The molecule has 0 bridgehead atoms. The highest BCUT2D eigenvalue weighted by Gasteiger charge is 2.30. The smallest absolute Gasteiger partial charge is 0.275 e. The molecule has 10 nitrogen and oxygen atoms in total. The molecule has 1 aliphatic rings. The normalized spacial score (nSPS) is 13.9. The average Bonchev–Trinajstić information content (AvgIpc) is 3.00. The Hall–Kier alpha value is -3.91. The fourth-order valence-corrected chi connectivity index (χ4v) is 5.12. The zero-order chi connectivity index (χ0) is 32.0. The van der Waals surface area contributed by atoms with Gasteiger partial charge in [-0.3, -0.25) is 9.69 Å². The summed E-state index contributed by atoms with van der Waals surface area (Å²) in [6.07, 6.45) is 2.95. The van der Waals surface area contributed by atoms with Gasteiger partial charge < -0.3 is 29.5 Å². The number of rotatable bonds is 12. The highest BCUT2D eigenvalue weighted by atomic mass is 32.2. The average molecular weight is 633 g/mol. The summed E-state index contributed by atoms with van der Waals surface area (Å²) < 4.78 is 50.4. The van der Waals surface area contributed by atoms with Crippen molar-refractivity contribution in [1.82, 2.24) is 19.8 Å². The van der Waals surface area contributed by atoms with Crippen molar-refractivity contribution in [2.24, 2.45) is 0 Å². The van der Waals surface area contributed by atoms with Crippen LogP contribution in [-0.4, -0.2) is 92.9 Å². The molecule has 1 aliphatic heterocycles. The fraction of sp³-hybridized carbons (Fsp3) is 0.433. The second kappa shape index (κ2) is 14.2. The van der Waals surface area contributed by atoms with Crippen molar-refractivity contribution in [3.8, 4) is 5.75 Å². The molecule has 0 saturated carbocycles. The minimum atomic E-state index is -3.20. The predicted octanol–water partition coefficient (Wildman–Crippen LogP) is 5.02. The van der Waals surface area contributed by atoms with Gasteiger partial charge in [-0.15, -0.1) is 0 Å². The number of halogens is 3. The van der Waals surface area contributed by atoms with Crippen LogP contribution in [0, 0.1) is 5.82 Å². The molecule has 4 rings (SSSR count). The minimum Gasteiger partial charge on any atom is -0.494 e. The number of benzene rings is 2. The highest BCUT2D eigenvalue weighted by Crippen LogP contribution is 2.35. The molecule has 2 heterocycles. The van der Waals surface area contributed by atoms with Crippen LogP contribution in [0.3, 0.4) is 0 Å². The van der Waals surface area contributed by atoms with Gasteiger partial charge in [-0.1, -0.05) is 18.0 Å². The van der Waals surface area contributed by atoms with Crippen LogP contribution in [0.1, 0.15) is 18.1 Å². The lowest BCUT2D eigenvalue weighted by Crippen LogP contribution is -2.49. The molecule has 0 atom stereocenters. The zero-order valence-corrected chi connectivity index (χ0v) is 26.6. The van der Waals surface area contributed by atoms with Crippen LogP contribution in [0.2, 0.25) is 0 Å². The Bertz CT molecular complexity index is 1450. The van der Waals surface area contributed by atoms with Crippen molar-refractivity contribution < 1.29 is 22.7 Å². The fourth-order valence-electron chi connectivity index (χ4n) is 4.75. The number of methoxy groups -OCH3 is 1. The molecule has 0 unspecified atom stereocenters. The number of hydrogen-bond donors (Lipinski definition) is 2. The van der Waals surface area contributed by atoms with Gasteiger partial charge in [0.2, 0.25) is 11.9 Å². The van der Waals surface area contributed by atoms with Crippen LogP contribution in [0.5, 0.6) is 5.75 Å². The Morgan fingerprint density at radius 1 is 1.11 bits per heavy atom. The molecule has 2 aromatic carbocycles. The first-order valence-corrected chi connectivity index (χ1v) is 15.3. The van der Waals surface area contributed by atoms with Gasteiger partial charge in [0.15, 0.2) is 0 Å². The first-order valence-electron chi connectivity index (χ1n) is 14.1. The summed E-state index contributed by atoms with van der Waals surface area (Å²) in [7, 11) is 6.86. The first-order chi connectivity index (χ1) is 20.9. The Morgan fingerprint density at radius 3 is 2.48 bits per heavy atom. The summed E-state index contributed by atoms with van der Waals surface area (Å²) in [5.74, 6) is -2.92. The highest BCUT2D eigenvalue weighted by molar-refractivity contribution is 7.99. The molecule has 2 N–H and O–H groups in total. The number of ether oxygens (including phenoxy) is 1. The quantitative estimate of drug-likeness (QED) is 0.266. The van der Waals surface area contributed by atoms with E-state index in [1.54, 1.807) is 43.5 Å². The van der Waals surface area contributed by atoms with E-state index in [4.69, 9.17) is 4.74 Å². The number of nitrogens with zero attached hydrogens (tertiary/aromatic N) is 6. The first kappa shape index (κ1) is 33.0. The molecular weight excluding hydrogens is 593 g/mol. The van der Waals surface area contributed by atoms with Crippen LogP contribution in [-0.2, 0) is 17.3 Å². The molecule has 44 heavy (non-hydrogen) atoms. The summed E-state index contributed by atoms with van der Waals surface area (Å²) in [5.41, 5.74) is 2.50. The van der Waals surface area contributed by atoms with E-state index >= 15 is 0 Å². The van der Waals surface area contributed by atoms with Crippen LogP contribution in [0.15, 0.2) is 42.6 Å². The predicted molar refractivity (Wildman–Crippen MR) is 171 cm³/mol. The van der Waals surface area contributed by atoms with Gasteiger partial charge in [0.1, 0.15) is 17.4 Å². The molecule has 14 heteroatoms. The third kappa shape index (κ3) is 8.17. The Labute approximate surface area is 260 Å². The number of piperazine rings is 1. The topological polar surface area (TPSA) is 89.1 Å². The molecule has 1 saturated heterocycles. The molecule has 0 aliphatic carbocycles. The number of anilines is 5. The minimum absolute atomic E-state index is 0.0433. The van der Waals surface area contributed by atoms with E-state index in [2.05, 4.69) is 30.4 Å². The summed E-state index contributed by atoms with van der Waals surface area (Å²) in [6.45, 7) is 4.34. The molecule has 238 valence electrons. The third-order valence-electron chi connectivity index (χ3n) is 7.40. The van der Waals surface area contributed by atoms with Gasteiger partial charge in [0.05, 0.1) is 30.6 Å². The van der Waals surface area contributed by atoms with Gasteiger partial charge in [-0.2, -0.15) is 4.98 Å². The van der Waals surface area contributed by atoms with Crippen LogP contribution in [0.4, 0.5) is 42.0 Å². The van der Waals surface area contributed by atoms with Crippen molar-refractivity contribution >= 4 is 46.7 Å². The number of aromatic nitrogens is 2. The molecule has 1 aromatic heterocycles. The van der Waals surface area contributed by atoms with E-state index < -0.39 is 11.7 Å². The summed E-state index contributed by atoms with van der Waals surface area (Å²) in [4.78, 5) is 26.6. The van der Waals surface area contributed by atoms with Crippen LogP contribution in [0.25, 0.3) is 0 Å². The lowest BCUT2D eigenvalue weighted by molar-refractivity contribution is -0.129. The third-order valence-corrected chi connectivity index (χ3v) is 8.14. The maximum absolute atomic E-state index is 14.5. The van der Waals surface area contributed by atoms with E-state index in [9.17, 15) is 18.0 Å². The summed E-state index contributed by atoms with van der Waals surface area (Å²) in [6, 6.07) is 10.0. The van der Waals surface area contributed by atoms with Crippen LogP contribution < -0.4 is 24.6 Å². The maximum Gasteiger partial charge on any atom is 0.275 e. The molecule has 0 spiro atoms. The number of carbonyl (C=O) groups excluding carboxylic acids is 1. The lowest BCUT2D eigenvalue weighted by atomic mass is 10.1. The largest absolute Gasteiger partial charge is 0.494 e. The standard InChI is InChI=1S/C30H39F3N8O2S/c1-30(32,33)23-18-35-29(37-28(23)34-17-20-7-8-21(31)15-25(20)39(4)44-6)36-24-10-9-22(16-26(24)43-5)41-13-11-40(12-14-41)19-27(42)38(2)3/h7-10,15-16,18H,11-14,17,19H2,1-6H3,(H2,34,35,36,37). The SMILES string of the molecule is COc1cc(N2CCN(CC(=O)N(C)C)CC2)ccc1Nc1ncc(C(C)(F)F)c(NCc2ccc(F)cc2N(C)SC)n1. The maximum atomic E-state index is 14.5. The molecule has 1 amide bonds. The monoisotopic (exact) mass is 632 g/mol. The van der Waals surface area contributed by atoms with E-state index in [1.165, 1.54) is 24.1 Å². The van der Waals surface area contributed by atoms with Gasteiger partial charge in [-0.25, -0.2) is 18.2 Å². The molecular formula is C30H39F3N8O2S.